The van der Waals surface area contributed by atoms with Crippen LogP contribution in [-0.4, -0.2) is 14.8 Å². The van der Waals surface area contributed by atoms with Crippen molar-refractivity contribution >= 4 is 0 Å². The normalized spacial score (nSPS) is 11.0. The van der Waals surface area contributed by atoms with Gasteiger partial charge in [-0.1, -0.05) is 0 Å². The molecule has 0 atom stereocenters. The van der Waals surface area contributed by atoms with Crippen LogP contribution in [0.15, 0.2) is 30.6 Å². The van der Waals surface area contributed by atoms with E-state index >= 15 is 0 Å². The lowest BCUT2D eigenvalue weighted by atomic mass is 10.2. The van der Waals surface area contributed by atoms with E-state index in [0.29, 0.717) is 21.6 Å². The van der Waals surface area contributed by atoms with Gasteiger partial charge in [0, 0.05) is 24.5 Å². The van der Waals surface area contributed by atoms with E-state index in [0.717, 1.165) is 0 Å². The third-order valence-corrected chi connectivity index (χ3v) is 2.16. The Morgan fingerprint density at radius 1 is 1.44 bits per heavy atom. The van der Waals surface area contributed by atoms with Gasteiger partial charge in [0.05, 0.1) is 11.4 Å². The first-order chi connectivity index (χ1) is 7.72. The average molecular weight is 224 g/mol. The molecule has 0 fully saturated rings. The van der Waals surface area contributed by atoms with Gasteiger partial charge in [-0.15, -0.1) is 0 Å². The van der Waals surface area contributed by atoms with Crippen LogP contribution in [0.1, 0.15) is 12.2 Å². The molecule has 0 radical (unpaired) electrons. The summed E-state index contributed by atoms with van der Waals surface area (Å²) < 4.78 is 25.8. The maximum Gasteiger partial charge on any atom is 0.333 e. The Labute approximate surface area is 90.7 Å². The molecule has 16 heavy (non-hydrogen) atoms. The maximum absolute atomic E-state index is 12.6. The predicted octanol–water partition coefficient (Wildman–Crippen LogP) is 1.80. The molecule has 0 aliphatic heterocycles. The van der Waals surface area contributed by atoms with Crippen LogP contribution in [-0.2, 0) is 6.54 Å². The first-order valence-corrected chi connectivity index (χ1v) is 4.69. The van der Waals surface area contributed by atoms with Gasteiger partial charge in [0.25, 0.3) is 0 Å². The molecule has 2 aromatic heterocycles. The number of halogens is 2. The Bertz CT molecular complexity index is 467. The molecule has 2 heterocycles. The van der Waals surface area contributed by atoms with E-state index in [1.807, 2.05) is 0 Å². The van der Waals surface area contributed by atoms with E-state index in [2.05, 4.69) is 10.1 Å². The summed E-state index contributed by atoms with van der Waals surface area (Å²) in [4.78, 5) is 3.90. The van der Waals surface area contributed by atoms with Gasteiger partial charge in [0.15, 0.2) is 0 Å². The molecule has 4 nitrogen and oxygen atoms in total. The lowest BCUT2D eigenvalue weighted by molar-refractivity contribution is 0.0537. The van der Waals surface area contributed by atoms with Crippen molar-refractivity contribution in [1.29, 1.82) is 0 Å². The van der Waals surface area contributed by atoms with Crippen LogP contribution in [0.3, 0.4) is 0 Å². The fraction of sp³-hybridized carbons (Fsp3) is 0.200. The van der Waals surface area contributed by atoms with Crippen LogP contribution in [0.25, 0.3) is 11.3 Å². The Morgan fingerprint density at radius 3 is 2.75 bits per heavy atom. The van der Waals surface area contributed by atoms with Gasteiger partial charge in [0.2, 0.25) is 0 Å². The Hall–Kier alpha value is -1.82. The van der Waals surface area contributed by atoms with E-state index < -0.39 is 6.55 Å². The molecule has 0 amide bonds. The van der Waals surface area contributed by atoms with Crippen LogP contribution in [0.5, 0.6) is 0 Å². The van der Waals surface area contributed by atoms with E-state index in [4.69, 9.17) is 5.73 Å². The molecule has 0 saturated heterocycles. The first kappa shape index (κ1) is 10.7. The second-order valence-electron chi connectivity index (χ2n) is 3.19. The van der Waals surface area contributed by atoms with Crippen molar-refractivity contribution in [3.8, 4) is 11.3 Å². The van der Waals surface area contributed by atoms with Crippen LogP contribution in [0.4, 0.5) is 8.78 Å². The highest BCUT2D eigenvalue weighted by Gasteiger charge is 2.14. The van der Waals surface area contributed by atoms with Gasteiger partial charge in [-0.3, -0.25) is 4.98 Å². The van der Waals surface area contributed by atoms with Crippen molar-refractivity contribution in [2.45, 2.75) is 13.1 Å². The molecule has 0 spiro atoms. The Kier molecular flexibility index (Phi) is 2.91. The molecule has 0 bridgehead atoms. The summed E-state index contributed by atoms with van der Waals surface area (Å²) in [7, 11) is 0. The van der Waals surface area contributed by atoms with Crippen molar-refractivity contribution in [2.75, 3.05) is 0 Å². The standard InChI is InChI=1S/C10H10F2N4/c11-10(12)16-8(5-13)4-9(15-16)7-2-1-3-14-6-7/h1-4,6,10H,5,13H2. The molecule has 0 unspecified atom stereocenters. The fourth-order valence-electron chi connectivity index (χ4n) is 1.41. The van der Waals surface area contributed by atoms with Gasteiger partial charge < -0.3 is 5.73 Å². The number of nitrogens with zero attached hydrogens (tertiary/aromatic N) is 3. The minimum absolute atomic E-state index is 0.0254. The molecule has 0 saturated carbocycles. The Balaban J connectivity index is 2.44. The minimum atomic E-state index is -2.68. The molecular formula is C10H10F2N4. The fourth-order valence-corrected chi connectivity index (χ4v) is 1.41. The number of rotatable bonds is 3. The van der Waals surface area contributed by atoms with E-state index in [-0.39, 0.29) is 6.54 Å². The summed E-state index contributed by atoms with van der Waals surface area (Å²) in [6.45, 7) is -2.65. The summed E-state index contributed by atoms with van der Waals surface area (Å²) in [6, 6.07) is 5.02. The van der Waals surface area contributed by atoms with E-state index in [1.54, 1.807) is 30.6 Å². The topological polar surface area (TPSA) is 56.7 Å². The zero-order valence-electron chi connectivity index (χ0n) is 8.35. The zero-order chi connectivity index (χ0) is 11.5. The second-order valence-corrected chi connectivity index (χ2v) is 3.19. The highest BCUT2D eigenvalue weighted by Crippen LogP contribution is 2.21. The average Bonchev–Trinajstić information content (AvgIpc) is 2.74. The molecule has 2 rings (SSSR count). The molecule has 0 aliphatic carbocycles. The quantitative estimate of drug-likeness (QED) is 0.864. The van der Waals surface area contributed by atoms with Gasteiger partial charge in [-0.05, 0) is 18.2 Å². The number of hydrogen-bond donors (Lipinski definition) is 1. The smallest absolute Gasteiger partial charge is 0.325 e. The van der Waals surface area contributed by atoms with Crippen LogP contribution in [0.2, 0.25) is 0 Å². The molecule has 0 aromatic carbocycles. The SMILES string of the molecule is NCc1cc(-c2cccnc2)nn1C(F)F. The molecule has 2 aromatic rings. The first-order valence-electron chi connectivity index (χ1n) is 4.69. The van der Waals surface area contributed by atoms with Crippen LogP contribution >= 0.6 is 0 Å². The molecule has 84 valence electrons. The maximum atomic E-state index is 12.6. The summed E-state index contributed by atoms with van der Waals surface area (Å²) in [6.07, 6.45) is 3.18. The number of aromatic nitrogens is 3. The predicted molar refractivity (Wildman–Crippen MR) is 54.6 cm³/mol. The number of hydrogen-bond acceptors (Lipinski definition) is 3. The highest BCUT2D eigenvalue weighted by atomic mass is 19.3. The van der Waals surface area contributed by atoms with Gasteiger partial charge in [-0.2, -0.15) is 13.9 Å². The number of nitrogens with two attached hydrogens (primary N) is 1. The summed E-state index contributed by atoms with van der Waals surface area (Å²) in [5.74, 6) is 0. The largest absolute Gasteiger partial charge is 0.333 e. The van der Waals surface area contributed by atoms with E-state index in [1.165, 1.54) is 0 Å². The molecule has 6 heteroatoms. The van der Waals surface area contributed by atoms with Crippen LogP contribution in [0, 0.1) is 0 Å². The lowest BCUT2D eigenvalue weighted by Crippen LogP contribution is -2.09. The second kappa shape index (κ2) is 4.36. The number of pyridine rings is 1. The van der Waals surface area contributed by atoms with Crippen molar-refractivity contribution in [1.82, 2.24) is 14.8 Å². The summed E-state index contributed by atoms with van der Waals surface area (Å²) in [5, 5.41) is 3.80. The van der Waals surface area contributed by atoms with E-state index in [9.17, 15) is 8.78 Å². The Morgan fingerprint density at radius 2 is 2.25 bits per heavy atom. The monoisotopic (exact) mass is 224 g/mol. The third-order valence-electron chi connectivity index (χ3n) is 2.16. The van der Waals surface area contributed by atoms with Gasteiger partial charge in [0.1, 0.15) is 0 Å². The minimum Gasteiger partial charge on any atom is -0.325 e. The molecule has 2 N–H and O–H groups in total. The van der Waals surface area contributed by atoms with Gasteiger partial charge >= 0.3 is 6.55 Å². The molecular weight excluding hydrogens is 214 g/mol. The highest BCUT2D eigenvalue weighted by molar-refractivity contribution is 5.57. The third kappa shape index (κ3) is 1.92. The van der Waals surface area contributed by atoms with Crippen molar-refractivity contribution < 1.29 is 8.78 Å². The zero-order valence-corrected chi connectivity index (χ0v) is 8.35. The molecule has 0 aliphatic rings. The number of alkyl halides is 2. The van der Waals surface area contributed by atoms with Gasteiger partial charge in [-0.25, -0.2) is 4.68 Å². The lowest BCUT2D eigenvalue weighted by Gasteiger charge is -2.02. The van der Waals surface area contributed by atoms with Crippen LogP contribution < -0.4 is 5.73 Å². The van der Waals surface area contributed by atoms with Crippen molar-refractivity contribution in [2.24, 2.45) is 5.73 Å². The summed E-state index contributed by atoms with van der Waals surface area (Å²) in [5.41, 5.74) is 6.81. The van der Waals surface area contributed by atoms with Crippen molar-refractivity contribution in [3.05, 3.63) is 36.3 Å². The van der Waals surface area contributed by atoms with Crippen molar-refractivity contribution in [3.63, 3.8) is 0 Å². The summed E-state index contributed by atoms with van der Waals surface area (Å²) >= 11 is 0.